The Labute approximate surface area is 228 Å². The van der Waals surface area contributed by atoms with Crippen LogP contribution >= 0.6 is 11.3 Å². The summed E-state index contributed by atoms with van der Waals surface area (Å²) < 4.78 is 5.19. The summed E-state index contributed by atoms with van der Waals surface area (Å²) in [5.41, 5.74) is 5.83. The molecule has 38 heavy (non-hydrogen) atoms. The van der Waals surface area contributed by atoms with Crippen molar-refractivity contribution in [2.24, 2.45) is 0 Å². The van der Waals surface area contributed by atoms with Crippen LogP contribution in [0.15, 0.2) is 53.9 Å². The van der Waals surface area contributed by atoms with Crippen molar-refractivity contribution in [3.8, 4) is 0 Å². The normalized spacial score (nSPS) is 15.0. The lowest BCUT2D eigenvalue weighted by Gasteiger charge is -2.34. The van der Waals surface area contributed by atoms with Crippen LogP contribution in [0.4, 0.5) is 5.69 Å². The van der Waals surface area contributed by atoms with Crippen LogP contribution in [0.1, 0.15) is 38.5 Å². The van der Waals surface area contributed by atoms with Crippen molar-refractivity contribution in [2.75, 3.05) is 51.8 Å². The van der Waals surface area contributed by atoms with E-state index >= 15 is 0 Å². The van der Waals surface area contributed by atoms with Crippen molar-refractivity contribution < 1.29 is 9.53 Å². The number of ether oxygens (including phenoxy) is 1. The zero-order valence-electron chi connectivity index (χ0n) is 22.1. The minimum absolute atomic E-state index is 0.0702. The van der Waals surface area contributed by atoms with Crippen molar-refractivity contribution in [1.29, 1.82) is 0 Å². The SMILES string of the molecule is COCCCN1CCN(Cc2ccc(/C=C/c3n[nH]c4ccccc34)c(NC(=O)c3sccc3C)c2)CC1. The highest BCUT2D eigenvalue weighted by atomic mass is 32.1. The number of carbonyl (C=O) groups is 1. The highest BCUT2D eigenvalue weighted by Gasteiger charge is 2.18. The maximum atomic E-state index is 13.1. The fraction of sp³-hybridized carbons (Fsp3) is 0.333. The smallest absolute Gasteiger partial charge is 0.266 e. The summed E-state index contributed by atoms with van der Waals surface area (Å²) in [7, 11) is 1.76. The number of fused-ring (bicyclic) bond motifs is 1. The molecular formula is C30H35N5O2S. The second kappa shape index (κ2) is 12.5. The van der Waals surface area contributed by atoms with Gasteiger partial charge in [-0.2, -0.15) is 5.10 Å². The zero-order valence-corrected chi connectivity index (χ0v) is 22.9. The van der Waals surface area contributed by atoms with Crippen LogP contribution in [0.2, 0.25) is 0 Å². The molecule has 0 aliphatic carbocycles. The van der Waals surface area contributed by atoms with Gasteiger partial charge in [-0.15, -0.1) is 11.3 Å². The van der Waals surface area contributed by atoms with E-state index in [1.165, 1.54) is 16.9 Å². The molecule has 8 heteroatoms. The summed E-state index contributed by atoms with van der Waals surface area (Å²) in [6.45, 7) is 8.96. The molecule has 2 aromatic carbocycles. The average molecular weight is 530 g/mol. The van der Waals surface area contributed by atoms with Crippen molar-refractivity contribution in [1.82, 2.24) is 20.0 Å². The lowest BCUT2D eigenvalue weighted by Crippen LogP contribution is -2.46. The molecule has 0 spiro atoms. The number of carbonyl (C=O) groups excluding carboxylic acids is 1. The number of nitrogens with one attached hydrogen (secondary N) is 2. The van der Waals surface area contributed by atoms with Gasteiger partial charge in [-0.05, 0) is 59.7 Å². The summed E-state index contributed by atoms with van der Waals surface area (Å²) in [5, 5.41) is 13.8. The Morgan fingerprint density at radius 3 is 2.71 bits per heavy atom. The van der Waals surface area contributed by atoms with Gasteiger partial charge in [0.05, 0.1) is 16.1 Å². The quantitative estimate of drug-likeness (QED) is 0.265. The van der Waals surface area contributed by atoms with Crippen molar-refractivity contribution in [2.45, 2.75) is 19.9 Å². The summed E-state index contributed by atoms with van der Waals surface area (Å²) >= 11 is 1.47. The van der Waals surface area contributed by atoms with Crippen LogP contribution in [0, 0.1) is 6.92 Å². The van der Waals surface area contributed by atoms with Gasteiger partial charge in [0.2, 0.25) is 0 Å². The minimum atomic E-state index is -0.0702. The molecule has 4 aromatic rings. The van der Waals surface area contributed by atoms with Crippen LogP contribution in [0.25, 0.3) is 23.1 Å². The first kappa shape index (κ1) is 26.3. The van der Waals surface area contributed by atoms with Gasteiger partial charge >= 0.3 is 0 Å². The van der Waals surface area contributed by atoms with E-state index in [1.807, 2.05) is 48.7 Å². The minimum Gasteiger partial charge on any atom is -0.385 e. The molecule has 0 bridgehead atoms. The van der Waals surface area contributed by atoms with Gasteiger partial charge in [-0.25, -0.2) is 0 Å². The van der Waals surface area contributed by atoms with Crippen LogP contribution in [0.5, 0.6) is 0 Å². The Balaban J connectivity index is 1.33. The van der Waals surface area contributed by atoms with E-state index in [4.69, 9.17) is 4.74 Å². The molecule has 1 aliphatic rings. The number of methoxy groups -OCH3 is 1. The summed E-state index contributed by atoms with van der Waals surface area (Å²) in [5.74, 6) is -0.0702. The number of hydrogen-bond acceptors (Lipinski definition) is 6. The first-order valence-corrected chi connectivity index (χ1v) is 14.0. The van der Waals surface area contributed by atoms with Gasteiger partial charge < -0.3 is 15.0 Å². The number of nitrogens with zero attached hydrogens (tertiary/aromatic N) is 3. The number of aromatic amines is 1. The lowest BCUT2D eigenvalue weighted by atomic mass is 10.1. The van der Waals surface area contributed by atoms with E-state index in [0.717, 1.165) is 90.6 Å². The van der Waals surface area contributed by atoms with E-state index in [1.54, 1.807) is 7.11 Å². The van der Waals surface area contributed by atoms with Crippen LogP contribution < -0.4 is 5.32 Å². The first-order chi connectivity index (χ1) is 18.6. The maximum absolute atomic E-state index is 13.1. The number of para-hydroxylation sites is 1. The van der Waals surface area contributed by atoms with Gasteiger partial charge in [0.15, 0.2) is 0 Å². The molecule has 2 aromatic heterocycles. The second-order valence-electron chi connectivity index (χ2n) is 9.76. The molecule has 3 heterocycles. The third kappa shape index (κ3) is 6.39. The van der Waals surface area contributed by atoms with Gasteiger partial charge in [0.1, 0.15) is 0 Å². The molecule has 2 N–H and O–H groups in total. The maximum Gasteiger partial charge on any atom is 0.266 e. The average Bonchev–Trinajstić information content (AvgIpc) is 3.55. The predicted molar refractivity (Wildman–Crippen MR) is 157 cm³/mol. The van der Waals surface area contributed by atoms with E-state index in [-0.39, 0.29) is 5.91 Å². The van der Waals surface area contributed by atoms with Crippen LogP contribution in [0.3, 0.4) is 0 Å². The zero-order chi connectivity index (χ0) is 26.3. The number of aromatic nitrogens is 2. The summed E-state index contributed by atoms with van der Waals surface area (Å²) in [6.07, 6.45) is 5.11. The Bertz CT molecular complexity index is 1400. The molecule has 7 nitrogen and oxygen atoms in total. The molecule has 1 fully saturated rings. The number of rotatable bonds is 10. The number of benzene rings is 2. The molecular weight excluding hydrogens is 494 g/mol. The molecule has 198 valence electrons. The van der Waals surface area contributed by atoms with Gasteiger partial charge in [-0.1, -0.05) is 36.4 Å². The fourth-order valence-corrected chi connectivity index (χ4v) is 5.70. The number of anilines is 1. The fourth-order valence-electron chi connectivity index (χ4n) is 4.88. The number of H-pyrrole nitrogens is 1. The molecule has 1 amide bonds. The Kier molecular flexibility index (Phi) is 8.65. The van der Waals surface area contributed by atoms with Gasteiger partial charge in [-0.3, -0.25) is 14.8 Å². The molecule has 0 unspecified atom stereocenters. The van der Waals surface area contributed by atoms with Crippen LogP contribution in [-0.4, -0.2) is 72.3 Å². The molecule has 1 saturated heterocycles. The number of hydrogen-bond donors (Lipinski definition) is 2. The van der Waals surface area contributed by atoms with E-state index in [2.05, 4.69) is 49.6 Å². The molecule has 0 radical (unpaired) electrons. The summed E-state index contributed by atoms with van der Waals surface area (Å²) in [4.78, 5) is 18.9. The monoisotopic (exact) mass is 529 g/mol. The molecule has 1 aliphatic heterocycles. The Morgan fingerprint density at radius 2 is 1.92 bits per heavy atom. The van der Waals surface area contributed by atoms with E-state index in [0.29, 0.717) is 0 Å². The molecule has 0 saturated carbocycles. The first-order valence-electron chi connectivity index (χ1n) is 13.1. The van der Waals surface area contributed by atoms with Crippen LogP contribution in [-0.2, 0) is 11.3 Å². The number of piperazine rings is 1. The van der Waals surface area contributed by atoms with Crippen molar-refractivity contribution >= 4 is 46.0 Å². The highest BCUT2D eigenvalue weighted by Crippen LogP contribution is 2.25. The highest BCUT2D eigenvalue weighted by molar-refractivity contribution is 7.12. The lowest BCUT2D eigenvalue weighted by molar-refractivity contribution is 0.103. The number of thiophene rings is 1. The second-order valence-corrected chi connectivity index (χ2v) is 10.7. The van der Waals surface area contributed by atoms with E-state index in [9.17, 15) is 4.79 Å². The van der Waals surface area contributed by atoms with Gasteiger partial charge in [0, 0.05) is 64.1 Å². The third-order valence-corrected chi connectivity index (χ3v) is 8.06. The third-order valence-electron chi connectivity index (χ3n) is 7.05. The number of aryl methyl sites for hydroxylation is 1. The van der Waals surface area contributed by atoms with E-state index < -0.39 is 0 Å². The summed E-state index contributed by atoms with van der Waals surface area (Å²) in [6, 6.07) is 16.4. The van der Waals surface area contributed by atoms with Crippen molar-refractivity contribution in [3.05, 3.63) is 81.2 Å². The largest absolute Gasteiger partial charge is 0.385 e. The predicted octanol–water partition coefficient (Wildman–Crippen LogP) is 5.51. The molecule has 5 rings (SSSR count). The van der Waals surface area contributed by atoms with Crippen molar-refractivity contribution in [3.63, 3.8) is 0 Å². The van der Waals surface area contributed by atoms with Gasteiger partial charge in [0.25, 0.3) is 5.91 Å². The molecule has 0 atom stereocenters. The Hall–Kier alpha value is -3.30. The Morgan fingerprint density at radius 1 is 1.11 bits per heavy atom. The number of amides is 1. The topological polar surface area (TPSA) is 73.5 Å². The standard InChI is InChI=1S/C30H35N5O2S/c1-22-12-19-38-29(22)30(36)31-28-20-23(21-35-16-14-34(15-17-35)13-5-18-37-2)8-9-24(28)10-11-27-25-6-3-4-7-26(25)32-33-27/h3-4,6-12,19-20H,5,13-18,21H2,1-2H3,(H,31,36)(H,32,33)/b11-10+.